The van der Waals surface area contributed by atoms with Crippen molar-refractivity contribution < 1.29 is 15.0 Å². The number of unbranched alkanes of at least 4 members (excludes halogenated alkanes) is 14. The van der Waals surface area contributed by atoms with Crippen LogP contribution >= 0.6 is 0 Å². The summed E-state index contributed by atoms with van der Waals surface area (Å²) in [6, 6.07) is 0. The molecule has 0 aromatic carbocycles. The maximum atomic E-state index is 10.3. The van der Waals surface area contributed by atoms with Gasteiger partial charge in [-0.3, -0.25) is 4.79 Å². The molecular weight excluding hydrogens is 312 g/mol. The van der Waals surface area contributed by atoms with E-state index in [4.69, 9.17) is 10.2 Å². The van der Waals surface area contributed by atoms with Crippen molar-refractivity contribution in [2.75, 3.05) is 6.61 Å². The van der Waals surface area contributed by atoms with E-state index in [1.807, 2.05) is 13.8 Å². The Hall–Kier alpha value is -0.570. The molecule has 0 saturated heterocycles. The van der Waals surface area contributed by atoms with Crippen molar-refractivity contribution in [1.29, 1.82) is 0 Å². The van der Waals surface area contributed by atoms with Crippen LogP contribution in [0.15, 0.2) is 0 Å². The lowest BCUT2D eigenvalue weighted by Crippen LogP contribution is -1.93. The highest BCUT2D eigenvalue weighted by Crippen LogP contribution is 2.13. The van der Waals surface area contributed by atoms with Crippen LogP contribution in [0.2, 0.25) is 0 Å². The van der Waals surface area contributed by atoms with E-state index in [1.54, 1.807) is 0 Å². The van der Waals surface area contributed by atoms with Gasteiger partial charge in [0.15, 0.2) is 0 Å². The van der Waals surface area contributed by atoms with E-state index >= 15 is 0 Å². The minimum atomic E-state index is -0.653. The number of carboxylic acid groups (broad SMARTS) is 1. The lowest BCUT2D eigenvalue weighted by Gasteiger charge is -2.03. The Morgan fingerprint density at radius 2 is 0.960 bits per heavy atom. The van der Waals surface area contributed by atoms with E-state index in [0.717, 1.165) is 12.8 Å². The van der Waals surface area contributed by atoms with E-state index in [-0.39, 0.29) is 0 Å². The van der Waals surface area contributed by atoms with Gasteiger partial charge in [0.05, 0.1) is 0 Å². The summed E-state index contributed by atoms with van der Waals surface area (Å²) in [7, 11) is 0. The standard InChI is InChI=1S/C18H36O2.C4H10O/c1-2-3-4-5-6-7-8-9-10-11-12-13-14-15-16-17-18(19)20;1-4(2)3-5/h2-17H2,1H3,(H,19,20);4-5H,3H2,1-2H3. The number of aliphatic carboxylic acids is 1. The highest BCUT2D eigenvalue weighted by Gasteiger charge is 1.97. The molecule has 0 radical (unpaired) electrons. The third kappa shape index (κ3) is 31.7. The summed E-state index contributed by atoms with van der Waals surface area (Å²) in [6.45, 7) is 6.52. The van der Waals surface area contributed by atoms with Crippen molar-refractivity contribution in [1.82, 2.24) is 0 Å². The van der Waals surface area contributed by atoms with E-state index in [9.17, 15) is 4.79 Å². The molecule has 0 saturated carbocycles. The van der Waals surface area contributed by atoms with Gasteiger partial charge in [-0.25, -0.2) is 0 Å². The smallest absolute Gasteiger partial charge is 0.303 e. The Balaban J connectivity index is 0. The van der Waals surface area contributed by atoms with E-state index in [0.29, 0.717) is 18.9 Å². The molecule has 0 aliphatic carbocycles. The second-order valence-electron chi connectivity index (χ2n) is 7.67. The zero-order valence-electron chi connectivity index (χ0n) is 17.4. The molecule has 0 unspecified atom stereocenters. The van der Waals surface area contributed by atoms with Crippen LogP contribution in [-0.2, 0) is 4.79 Å². The van der Waals surface area contributed by atoms with Gasteiger partial charge >= 0.3 is 5.97 Å². The average Bonchev–Trinajstić information content (AvgIpc) is 2.58. The Bertz CT molecular complexity index is 252. The zero-order chi connectivity index (χ0) is 19.2. The van der Waals surface area contributed by atoms with Crippen LogP contribution in [0.5, 0.6) is 0 Å². The SMILES string of the molecule is CC(C)CO.CCCCCCCCCCCCCCCCCC(=O)O. The van der Waals surface area contributed by atoms with Crippen LogP contribution in [0, 0.1) is 5.92 Å². The topological polar surface area (TPSA) is 57.5 Å². The van der Waals surface area contributed by atoms with Gasteiger partial charge in [0.1, 0.15) is 0 Å². The number of aliphatic hydroxyl groups is 1. The summed E-state index contributed by atoms with van der Waals surface area (Å²) in [5, 5.41) is 16.7. The quantitative estimate of drug-likeness (QED) is 0.276. The van der Waals surface area contributed by atoms with E-state index in [2.05, 4.69) is 6.92 Å². The highest BCUT2D eigenvalue weighted by atomic mass is 16.4. The summed E-state index contributed by atoms with van der Waals surface area (Å²) in [4.78, 5) is 10.3. The van der Waals surface area contributed by atoms with Gasteiger partial charge < -0.3 is 10.2 Å². The van der Waals surface area contributed by atoms with Crippen molar-refractivity contribution in [3.05, 3.63) is 0 Å². The van der Waals surface area contributed by atoms with Crippen molar-refractivity contribution in [3.63, 3.8) is 0 Å². The predicted octanol–water partition coefficient (Wildman–Crippen LogP) is 6.97. The molecule has 0 aliphatic rings. The van der Waals surface area contributed by atoms with Gasteiger partial charge in [-0.2, -0.15) is 0 Å². The maximum absolute atomic E-state index is 10.3. The van der Waals surface area contributed by atoms with Gasteiger partial charge in [0.2, 0.25) is 0 Å². The summed E-state index contributed by atoms with van der Waals surface area (Å²) in [5.41, 5.74) is 0. The van der Waals surface area contributed by atoms with E-state index < -0.39 is 5.97 Å². The Labute approximate surface area is 157 Å². The normalized spacial score (nSPS) is 10.6. The molecule has 3 heteroatoms. The Morgan fingerprint density at radius 1 is 0.680 bits per heavy atom. The van der Waals surface area contributed by atoms with Crippen LogP contribution in [0.1, 0.15) is 124 Å². The van der Waals surface area contributed by atoms with Gasteiger partial charge in [-0.05, 0) is 12.3 Å². The first-order chi connectivity index (χ1) is 12.0. The molecule has 0 aromatic heterocycles. The molecule has 0 fully saturated rings. The average molecular weight is 359 g/mol. The predicted molar refractivity (Wildman–Crippen MR) is 109 cm³/mol. The van der Waals surface area contributed by atoms with Gasteiger partial charge in [0.25, 0.3) is 0 Å². The van der Waals surface area contributed by atoms with Crippen LogP contribution in [-0.4, -0.2) is 22.8 Å². The number of carbonyl (C=O) groups is 1. The first-order valence-electron chi connectivity index (χ1n) is 10.9. The lowest BCUT2D eigenvalue weighted by atomic mass is 10.0. The molecule has 2 N–H and O–H groups in total. The maximum Gasteiger partial charge on any atom is 0.303 e. The third-order valence-corrected chi connectivity index (χ3v) is 4.36. The van der Waals surface area contributed by atoms with Crippen molar-refractivity contribution >= 4 is 5.97 Å². The minimum Gasteiger partial charge on any atom is -0.481 e. The summed E-state index contributed by atoms with van der Waals surface area (Å²) >= 11 is 0. The molecule has 0 atom stereocenters. The fourth-order valence-corrected chi connectivity index (χ4v) is 2.65. The van der Waals surface area contributed by atoms with Gasteiger partial charge in [-0.15, -0.1) is 0 Å². The van der Waals surface area contributed by atoms with Crippen molar-refractivity contribution in [3.8, 4) is 0 Å². The molecule has 0 heterocycles. The molecular formula is C22H46O3. The number of aliphatic hydroxyl groups excluding tert-OH is 1. The third-order valence-electron chi connectivity index (χ3n) is 4.36. The van der Waals surface area contributed by atoms with Crippen molar-refractivity contribution in [2.24, 2.45) is 5.92 Å². The van der Waals surface area contributed by atoms with Crippen LogP contribution in [0.25, 0.3) is 0 Å². The van der Waals surface area contributed by atoms with Crippen LogP contribution in [0.4, 0.5) is 0 Å². The summed E-state index contributed by atoms with van der Waals surface area (Å²) < 4.78 is 0. The number of rotatable bonds is 17. The molecule has 0 aromatic rings. The molecule has 0 spiro atoms. The first-order valence-corrected chi connectivity index (χ1v) is 10.9. The molecule has 25 heavy (non-hydrogen) atoms. The minimum absolute atomic E-state index is 0.306. The number of carboxylic acids is 1. The van der Waals surface area contributed by atoms with Gasteiger partial charge in [0, 0.05) is 13.0 Å². The fourth-order valence-electron chi connectivity index (χ4n) is 2.65. The van der Waals surface area contributed by atoms with E-state index in [1.165, 1.54) is 83.5 Å². The molecule has 0 bridgehead atoms. The molecule has 3 nitrogen and oxygen atoms in total. The molecule has 0 aliphatic heterocycles. The Kier molecular flexibility index (Phi) is 25.0. The fraction of sp³-hybridized carbons (Fsp3) is 0.955. The second kappa shape index (κ2) is 23.4. The first kappa shape index (κ1) is 26.7. The number of hydrogen-bond donors (Lipinski definition) is 2. The monoisotopic (exact) mass is 358 g/mol. The largest absolute Gasteiger partial charge is 0.481 e. The molecule has 0 amide bonds. The molecule has 0 rings (SSSR count). The van der Waals surface area contributed by atoms with Crippen LogP contribution in [0.3, 0.4) is 0 Å². The summed E-state index contributed by atoms with van der Waals surface area (Å²) in [6.07, 6.45) is 20.2. The summed E-state index contributed by atoms with van der Waals surface area (Å²) in [5.74, 6) is -0.213. The Morgan fingerprint density at radius 3 is 1.20 bits per heavy atom. The highest BCUT2D eigenvalue weighted by molar-refractivity contribution is 5.66. The second-order valence-corrected chi connectivity index (χ2v) is 7.67. The van der Waals surface area contributed by atoms with Crippen LogP contribution < -0.4 is 0 Å². The number of hydrogen-bond acceptors (Lipinski definition) is 2. The zero-order valence-corrected chi connectivity index (χ0v) is 17.4. The lowest BCUT2D eigenvalue weighted by molar-refractivity contribution is -0.137. The molecule has 152 valence electrons. The van der Waals surface area contributed by atoms with Crippen molar-refractivity contribution in [2.45, 2.75) is 124 Å². The van der Waals surface area contributed by atoms with Gasteiger partial charge in [-0.1, -0.05) is 111 Å².